The van der Waals surface area contributed by atoms with Crippen molar-refractivity contribution in [3.05, 3.63) is 59.6 Å². The summed E-state index contributed by atoms with van der Waals surface area (Å²) in [5, 5.41) is 7.24. The third-order valence-electron chi connectivity index (χ3n) is 3.88. The number of amides is 1. The number of hydrazine groups is 1. The van der Waals surface area contributed by atoms with E-state index in [9.17, 15) is 4.79 Å². The largest absolute Gasteiger partial charge is 0.339 e. The van der Waals surface area contributed by atoms with Gasteiger partial charge < -0.3 is 9.84 Å². The van der Waals surface area contributed by atoms with Crippen LogP contribution in [0.2, 0.25) is 0 Å². The fraction of sp³-hybridized carbons (Fsp3) is 0.211. The van der Waals surface area contributed by atoms with E-state index in [4.69, 9.17) is 16.7 Å². The van der Waals surface area contributed by atoms with Crippen LogP contribution in [0, 0.1) is 13.8 Å². The molecule has 1 amide bonds. The second kappa shape index (κ2) is 9.05. The Labute approximate surface area is 167 Å². The number of aryl methyl sites for hydroxylation is 3. The van der Waals surface area contributed by atoms with E-state index in [1.165, 1.54) is 0 Å². The van der Waals surface area contributed by atoms with Gasteiger partial charge in [-0.15, -0.1) is 0 Å². The molecule has 0 aliphatic heterocycles. The minimum Gasteiger partial charge on any atom is -0.339 e. The fourth-order valence-corrected chi connectivity index (χ4v) is 2.55. The lowest BCUT2D eigenvalue weighted by Crippen LogP contribution is -2.43. The maximum absolute atomic E-state index is 12.0. The number of hydrogen-bond donors (Lipinski definition) is 3. The molecule has 0 bridgehead atoms. The third kappa shape index (κ3) is 5.34. The van der Waals surface area contributed by atoms with Crippen LogP contribution >= 0.6 is 12.2 Å². The Morgan fingerprint density at radius 2 is 2.04 bits per heavy atom. The predicted molar refractivity (Wildman–Crippen MR) is 109 cm³/mol. The molecule has 3 N–H and O–H groups in total. The molecule has 3 aromatic rings. The van der Waals surface area contributed by atoms with Crippen LogP contribution in [-0.2, 0) is 11.2 Å². The minimum atomic E-state index is -0.247. The number of rotatable bonds is 5. The Hall–Kier alpha value is -3.33. The number of thiocarbonyl (C=S) groups is 1. The maximum Gasteiger partial charge on any atom is 0.238 e. The molecule has 0 spiro atoms. The monoisotopic (exact) mass is 396 g/mol. The fourth-order valence-electron chi connectivity index (χ4n) is 2.39. The molecule has 0 unspecified atom stereocenters. The van der Waals surface area contributed by atoms with Gasteiger partial charge in [-0.25, -0.2) is 0 Å². The number of nitrogens with zero attached hydrogens (tertiary/aromatic N) is 3. The molecule has 8 nitrogen and oxygen atoms in total. The number of carbonyl (C=O) groups is 1. The van der Waals surface area contributed by atoms with Crippen molar-refractivity contribution in [3.8, 4) is 11.5 Å². The summed E-state index contributed by atoms with van der Waals surface area (Å²) >= 11 is 5.21. The summed E-state index contributed by atoms with van der Waals surface area (Å²) in [5.74, 6) is 0.516. The molecule has 0 fully saturated rings. The molecule has 28 heavy (non-hydrogen) atoms. The van der Waals surface area contributed by atoms with Crippen LogP contribution in [0.15, 0.2) is 47.1 Å². The first-order valence-electron chi connectivity index (χ1n) is 8.68. The number of hydrogen-bond acceptors (Lipinski definition) is 6. The lowest BCUT2D eigenvalue weighted by Gasteiger charge is -2.13. The molecular formula is C19H20N6O2S. The molecule has 0 atom stereocenters. The molecule has 1 aromatic carbocycles. The van der Waals surface area contributed by atoms with Crippen molar-refractivity contribution in [1.29, 1.82) is 0 Å². The van der Waals surface area contributed by atoms with E-state index in [2.05, 4.69) is 31.3 Å². The van der Waals surface area contributed by atoms with Crippen molar-refractivity contribution in [2.75, 3.05) is 5.32 Å². The van der Waals surface area contributed by atoms with E-state index in [0.717, 1.165) is 16.8 Å². The van der Waals surface area contributed by atoms with Crippen LogP contribution < -0.4 is 16.2 Å². The topological polar surface area (TPSA) is 105 Å². The van der Waals surface area contributed by atoms with Gasteiger partial charge in [0.25, 0.3) is 0 Å². The highest BCUT2D eigenvalue weighted by Crippen LogP contribution is 2.16. The van der Waals surface area contributed by atoms with Crippen LogP contribution in [0.1, 0.15) is 23.4 Å². The van der Waals surface area contributed by atoms with E-state index in [1.54, 1.807) is 18.3 Å². The van der Waals surface area contributed by atoms with E-state index in [-0.39, 0.29) is 12.3 Å². The highest BCUT2D eigenvalue weighted by molar-refractivity contribution is 7.80. The molecule has 9 heteroatoms. The number of aromatic nitrogens is 3. The molecule has 0 saturated heterocycles. The molecule has 0 radical (unpaired) electrons. The smallest absolute Gasteiger partial charge is 0.238 e. The Balaban J connectivity index is 1.44. The second-order valence-electron chi connectivity index (χ2n) is 6.17. The quantitative estimate of drug-likeness (QED) is 0.447. The van der Waals surface area contributed by atoms with Gasteiger partial charge in [-0.2, -0.15) is 4.98 Å². The third-order valence-corrected chi connectivity index (χ3v) is 4.09. The first kappa shape index (κ1) is 19.4. The van der Waals surface area contributed by atoms with Crippen molar-refractivity contribution >= 4 is 28.9 Å². The Morgan fingerprint density at radius 1 is 1.18 bits per heavy atom. The first-order chi connectivity index (χ1) is 13.5. The number of pyridine rings is 1. The van der Waals surface area contributed by atoms with Gasteiger partial charge in [0.05, 0.1) is 0 Å². The first-order valence-corrected chi connectivity index (χ1v) is 9.09. The van der Waals surface area contributed by atoms with Crippen molar-refractivity contribution in [3.63, 3.8) is 0 Å². The summed E-state index contributed by atoms with van der Waals surface area (Å²) in [6, 6.07) is 11.4. The van der Waals surface area contributed by atoms with E-state index >= 15 is 0 Å². The number of carbonyl (C=O) groups excluding carboxylic acids is 1. The molecule has 0 saturated carbocycles. The van der Waals surface area contributed by atoms with Gasteiger partial charge >= 0.3 is 0 Å². The van der Waals surface area contributed by atoms with Gasteiger partial charge in [-0.05, 0) is 55.4 Å². The zero-order chi connectivity index (χ0) is 19.9. The number of benzene rings is 1. The average Bonchev–Trinajstić information content (AvgIpc) is 3.17. The van der Waals surface area contributed by atoms with E-state index < -0.39 is 0 Å². The number of anilines is 1. The summed E-state index contributed by atoms with van der Waals surface area (Å²) < 4.78 is 5.16. The zero-order valence-electron chi connectivity index (χ0n) is 15.5. The number of nitrogens with one attached hydrogen (secondary N) is 3. The van der Waals surface area contributed by atoms with Gasteiger partial charge in [0.2, 0.25) is 17.6 Å². The Morgan fingerprint density at radius 3 is 2.82 bits per heavy atom. The highest BCUT2D eigenvalue weighted by Gasteiger charge is 2.11. The normalized spacial score (nSPS) is 10.4. The molecule has 2 heterocycles. The van der Waals surface area contributed by atoms with E-state index in [0.29, 0.717) is 28.9 Å². The Bertz CT molecular complexity index is 974. The van der Waals surface area contributed by atoms with Crippen LogP contribution in [0.4, 0.5) is 5.69 Å². The maximum atomic E-state index is 12.0. The van der Waals surface area contributed by atoms with Crippen LogP contribution in [-0.4, -0.2) is 26.1 Å². The predicted octanol–water partition coefficient (Wildman–Crippen LogP) is 2.70. The molecule has 3 rings (SSSR count). The van der Waals surface area contributed by atoms with Gasteiger partial charge in [0, 0.05) is 24.7 Å². The summed E-state index contributed by atoms with van der Waals surface area (Å²) in [6.45, 7) is 3.98. The molecule has 0 aliphatic carbocycles. The van der Waals surface area contributed by atoms with Gasteiger partial charge in [0.1, 0.15) is 5.69 Å². The minimum absolute atomic E-state index is 0.170. The standard InChI is InChI=1S/C19H20N6O2S/c1-12-6-7-13(2)15(11-12)21-19(28)24-23-16(26)8-9-17-22-18(25-27-17)14-5-3-4-10-20-14/h3-7,10-11H,8-9H2,1-2H3,(H,23,26)(H2,21,24,28). The van der Waals surface area contributed by atoms with Crippen LogP contribution in [0.3, 0.4) is 0 Å². The van der Waals surface area contributed by atoms with Crippen molar-refractivity contribution in [2.45, 2.75) is 26.7 Å². The molecule has 0 aliphatic rings. The highest BCUT2D eigenvalue weighted by atomic mass is 32.1. The van der Waals surface area contributed by atoms with Gasteiger partial charge in [-0.1, -0.05) is 23.4 Å². The summed E-state index contributed by atoms with van der Waals surface area (Å²) in [4.78, 5) is 20.4. The van der Waals surface area contributed by atoms with E-state index in [1.807, 2.05) is 38.1 Å². The lowest BCUT2D eigenvalue weighted by molar-refractivity contribution is -0.121. The van der Waals surface area contributed by atoms with Gasteiger partial charge in [-0.3, -0.25) is 20.6 Å². The second-order valence-corrected chi connectivity index (χ2v) is 6.58. The molecule has 144 valence electrons. The van der Waals surface area contributed by atoms with Crippen LogP contribution in [0.25, 0.3) is 11.5 Å². The summed E-state index contributed by atoms with van der Waals surface area (Å²) in [7, 11) is 0. The molecular weight excluding hydrogens is 376 g/mol. The van der Waals surface area contributed by atoms with Crippen molar-refractivity contribution in [1.82, 2.24) is 26.0 Å². The summed E-state index contributed by atoms with van der Waals surface area (Å²) in [5.41, 5.74) is 8.92. The lowest BCUT2D eigenvalue weighted by atomic mass is 10.1. The zero-order valence-corrected chi connectivity index (χ0v) is 16.3. The van der Waals surface area contributed by atoms with Crippen molar-refractivity contribution in [2.24, 2.45) is 0 Å². The molecule has 2 aromatic heterocycles. The Kier molecular flexibility index (Phi) is 6.28. The SMILES string of the molecule is Cc1ccc(C)c(NC(=S)NNC(=O)CCc2nc(-c3ccccn3)no2)c1. The van der Waals surface area contributed by atoms with Crippen LogP contribution in [0.5, 0.6) is 0 Å². The summed E-state index contributed by atoms with van der Waals surface area (Å²) in [6.07, 6.45) is 2.13. The van der Waals surface area contributed by atoms with Crippen molar-refractivity contribution < 1.29 is 9.32 Å². The average molecular weight is 396 g/mol. The van der Waals surface area contributed by atoms with Gasteiger partial charge in [0.15, 0.2) is 5.11 Å².